The average Bonchev–Trinajstić information content (AvgIpc) is 2.03. The lowest BCUT2D eigenvalue weighted by atomic mass is 10.0. The first-order chi connectivity index (χ1) is 5.65. The van der Waals surface area contributed by atoms with Crippen LogP contribution in [0.4, 0.5) is 0 Å². The first kappa shape index (κ1) is 8.97. The molecule has 1 rings (SSSR count). The fraction of sp³-hybridized carbons (Fsp3) is 0.556. The summed E-state index contributed by atoms with van der Waals surface area (Å²) in [4.78, 5) is 0. The van der Waals surface area contributed by atoms with Gasteiger partial charge in [0.25, 0.3) is 0 Å². The molecule has 0 saturated heterocycles. The van der Waals surface area contributed by atoms with Gasteiger partial charge in [0.1, 0.15) is 5.82 Å². The van der Waals surface area contributed by atoms with Crippen molar-refractivity contribution < 1.29 is 0 Å². The highest BCUT2D eigenvalue weighted by molar-refractivity contribution is 5.21. The van der Waals surface area contributed by atoms with E-state index in [1.807, 2.05) is 0 Å². The van der Waals surface area contributed by atoms with Crippen molar-refractivity contribution in [2.45, 2.75) is 20.3 Å². The summed E-state index contributed by atoms with van der Waals surface area (Å²) in [5.74, 6) is 1.21. The molecule has 0 aromatic carbocycles. The van der Waals surface area contributed by atoms with Crippen LogP contribution in [0.2, 0.25) is 0 Å². The van der Waals surface area contributed by atoms with Crippen LogP contribution in [0.5, 0.6) is 0 Å². The van der Waals surface area contributed by atoms with E-state index in [2.05, 4.69) is 31.1 Å². The zero-order chi connectivity index (χ0) is 9.14. The molecule has 3 heteroatoms. The Morgan fingerprint density at radius 2 is 2.33 bits per heavy atom. The normalized spacial score (nSPS) is 20.0. The molecule has 0 aliphatic carbocycles. The second-order valence-electron chi connectivity index (χ2n) is 3.22. The molecule has 68 valence electrons. The first-order valence-corrected chi connectivity index (χ1v) is 4.33. The van der Waals surface area contributed by atoms with Crippen molar-refractivity contribution >= 4 is 0 Å². The SMILES string of the molecule is C=C1CNC(C(C)CC)=C(N)N1. The van der Waals surface area contributed by atoms with E-state index in [1.54, 1.807) is 0 Å². The van der Waals surface area contributed by atoms with E-state index in [-0.39, 0.29) is 0 Å². The van der Waals surface area contributed by atoms with Gasteiger partial charge in [-0.3, -0.25) is 0 Å². The highest BCUT2D eigenvalue weighted by atomic mass is 15.1. The molecule has 0 aromatic heterocycles. The Balaban J connectivity index is 2.74. The lowest BCUT2D eigenvalue weighted by Crippen LogP contribution is -2.38. The standard InChI is InChI=1S/C9H17N3/c1-4-6(2)8-9(10)12-7(3)5-11-8/h6,11-12H,3-5,10H2,1-2H3. The summed E-state index contributed by atoms with van der Waals surface area (Å²) in [6.45, 7) is 8.88. The Kier molecular flexibility index (Phi) is 2.63. The predicted molar refractivity (Wildman–Crippen MR) is 50.9 cm³/mol. The topological polar surface area (TPSA) is 50.1 Å². The predicted octanol–water partition coefficient (Wildman–Crippen LogP) is 0.867. The molecule has 1 atom stereocenters. The van der Waals surface area contributed by atoms with Gasteiger partial charge in [0.2, 0.25) is 0 Å². The Morgan fingerprint density at radius 3 is 2.83 bits per heavy atom. The average molecular weight is 167 g/mol. The maximum Gasteiger partial charge on any atom is 0.120 e. The summed E-state index contributed by atoms with van der Waals surface area (Å²) >= 11 is 0. The number of nitrogens with two attached hydrogens (primary N) is 1. The summed E-state index contributed by atoms with van der Waals surface area (Å²) in [7, 11) is 0. The number of hydrogen-bond acceptors (Lipinski definition) is 3. The monoisotopic (exact) mass is 167 g/mol. The lowest BCUT2D eigenvalue weighted by molar-refractivity contribution is 0.557. The molecule has 0 radical (unpaired) electrons. The van der Waals surface area contributed by atoms with Crippen LogP contribution in [0.25, 0.3) is 0 Å². The van der Waals surface area contributed by atoms with E-state index in [9.17, 15) is 0 Å². The van der Waals surface area contributed by atoms with Gasteiger partial charge in [-0.15, -0.1) is 0 Å². The van der Waals surface area contributed by atoms with Gasteiger partial charge in [-0.2, -0.15) is 0 Å². The minimum atomic E-state index is 0.491. The molecule has 0 fully saturated rings. The van der Waals surface area contributed by atoms with E-state index < -0.39 is 0 Å². The van der Waals surface area contributed by atoms with Gasteiger partial charge < -0.3 is 16.4 Å². The third-order valence-corrected chi connectivity index (χ3v) is 2.20. The van der Waals surface area contributed by atoms with Gasteiger partial charge in [-0.1, -0.05) is 20.4 Å². The van der Waals surface area contributed by atoms with Crippen molar-refractivity contribution in [3.05, 3.63) is 23.8 Å². The molecule has 1 aliphatic heterocycles. The quantitative estimate of drug-likeness (QED) is 0.572. The number of allylic oxidation sites excluding steroid dienone is 1. The molecule has 0 bridgehead atoms. The van der Waals surface area contributed by atoms with Crippen LogP contribution < -0.4 is 16.4 Å². The maximum absolute atomic E-state index is 5.79. The van der Waals surface area contributed by atoms with Crippen molar-refractivity contribution in [2.24, 2.45) is 11.7 Å². The number of rotatable bonds is 2. The van der Waals surface area contributed by atoms with E-state index >= 15 is 0 Å². The molecule has 0 amide bonds. The summed E-state index contributed by atoms with van der Waals surface area (Å²) in [6, 6.07) is 0. The summed E-state index contributed by atoms with van der Waals surface area (Å²) in [5.41, 5.74) is 7.84. The molecule has 12 heavy (non-hydrogen) atoms. The highest BCUT2D eigenvalue weighted by Crippen LogP contribution is 2.15. The van der Waals surface area contributed by atoms with Crippen LogP contribution in [-0.2, 0) is 0 Å². The first-order valence-electron chi connectivity index (χ1n) is 4.33. The maximum atomic E-state index is 5.79. The number of nitrogens with one attached hydrogen (secondary N) is 2. The zero-order valence-corrected chi connectivity index (χ0v) is 7.78. The van der Waals surface area contributed by atoms with Gasteiger partial charge >= 0.3 is 0 Å². The van der Waals surface area contributed by atoms with Crippen LogP contribution in [-0.4, -0.2) is 6.54 Å². The van der Waals surface area contributed by atoms with Crippen LogP contribution >= 0.6 is 0 Å². The highest BCUT2D eigenvalue weighted by Gasteiger charge is 2.15. The molecule has 0 aromatic rings. The summed E-state index contributed by atoms with van der Waals surface area (Å²) in [5, 5.41) is 6.31. The van der Waals surface area contributed by atoms with Gasteiger partial charge in [0, 0.05) is 5.70 Å². The van der Waals surface area contributed by atoms with E-state index in [0.29, 0.717) is 5.92 Å². The molecule has 3 nitrogen and oxygen atoms in total. The lowest BCUT2D eigenvalue weighted by Gasteiger charge is -2.26. The molecule has 1 heterocycles. The number of hydrogen-bond donors (Lipinski definition) is 3. The van der Waals surface area contributed by atoms with Crippen molar-refractivity contribution in [3.8, 4) is 0 Å². The van der Waals surface area contributed by atoms with Crippen LogP contribution in [0.3, 0.4) is 0 Å². The van der Waals surface area contributed by atoms with Crippen LogP contribution in [0.15, 0.2) is 23.8 Å². The molecular weight excluding hydrogens is 150 g/mol. The molecule has 0 saturated carbocycles. The van der Waals surface area contributed by atoms with E-state index in [1.165, 1.54) is 0 Å². The van der Waals surface area contributed by atoms with Gasteiger partial charge in [0.15, 0.2) is 0 Å². The molecule has 1 aliphatic rings. The van der Waals surface area contributed by atoms with E-state index in [4.69, 9.17) is 5.73 Å². The zero-order valence-electron chi connectivity index (χ0n) is 7.78. The largest absolute Gasteiger partial charge is 0.384 e. The van der Waals surface area contributed by atoms with Crippen LogP contribution in [0, 0.1) is 5.92 Å². The smallest absolute Gasteiger partial charge is 0.120 e. The minimum absolute atomic E-state index is 0.491. The van der Waals surface area contributed by atoms with Crippen molar-refractivity contribution in [1.82, 2.24) is 10.6 Å². The van der Waals surface area contributed by atoms with Crippen molar-refractivity contribution in [2.75, 3.05) is 6.54 Å². The Bertz CT molecular complexity index is 218. The van der Waals surface area contributed by atoms with Crippen molar-refractivity contribution in [1.29, 1.82) is 0 Å². The van der Waals surface area contributed by atoms with Crippen LogP contribution in [0.1, 0.15) is 20.3 Å². The molecule has 0 spiro atoms. The van der Waals surface area contributed by atoms with Gasteiger partial charge in [0.05, 0.1) is 12.2 Å². The van der Waals surface area contributed by atoms with Gasteiger partial charge in [-0.25, -0.2) is 0 Å². The summed E-state index contributed by atoms with van der Waals surface area (Å²) < 4.78 is 0. The third-order valence-electron chi connectivity index (χ3n) is 2.20. The van der Waals surface area contributed by atoms with Gasteiger partial charge in [-0.05, 0) is 12.3 Å². The molecule has 4 N–H and O–H groups in total. The molecular formula is C9H17N3. The Hall–Kier alpha value is -1.12. The van der Waals surface area contributed by atoms with Crippen molar-refractivity contribution in [3.63, 3.8) is 0 Å². The molecule has 1 unspecified atom stereocenters. The summed E-state index contributed by atoms with van der Waals surface area (Å²) in [6.07, 6.45) is 1.09. The Labute approximate surface area is 73.7 Å². The second-order valence-corrected chi connectivity index (χ2v) is 3.22. The van der Waals surface area contributed by atoms with E-state index in [0.717, 1.165) is 30.2 Å². The third kappa shape index (κ3) is 1.72. The fourth-order valence-corrected chi connectivity index (χ4v) is 1.24. The fourth-order valence-electron chi connectivity index (χ4n) is 1.24. The second kappa shape index (κ2) is 3.52. The Morgan fingerprint density at radius 1 is 1.67 bits per heavy atom. The minimum Gasteiger partial charge on any atom is -0.384 e.